The number of aliphatic imine (C=N–C) groups is 1. The lowest BCUT2D eigenvalue weighted by molar-refractivity contribution is 0.680. The van der Waals surface area contributed by atoms with Gasteiger partial charge in [-0.25, -0.2) is 9.98 Å². The topological polar surface area (TPSA) is 72.1 Å². The van der Waals surface area contributed by atoms with Crippen LogP contribution in [0.1, 0.15) is 23.9 Å². The maximum Gasteiger partial charge on any atom is 0.191 e. The Kier molecular flexibility index (Phi) is 6.08. The minimum Gasteiger partial charge on any atom is -0.357 e. The standard InChI is InChI=1S/C23H27N7/c1-3-24-23(26-16-22-28-20-11-6-7-12-21(20)29(22)2)25-15-18-9-4-5-10-19(18)17-30-14-8-13-27-30/h4-14H,3,15-17H2,1-2H3,(H2,24,25,26). The zero-order chi connectivity index (χ0) is 20.8. The molecule has 2 aromatic carbocycles. The molecule has 4 aromatic rings. The normalized spacial score (nSPS) is 11.7. The van der Waals surface area contributed by atoms with Crippen LogP contribution < -0.4 is 10.6 Å². The number of nitrogens with zero attached hydrogens (tertiary/aromatic N) is 5. The summed E-state index contributed by atoms with van der Waals surface area (Å²) in [6.07, 6.45) is 3.78. The minimum absolute atomic E-state index is 0.593. The number of hydrogen-bond donors (Lipinski definition) is 2. The van der Waals surface area contributed by atoms with E-state index in [-0.39, 0.29) is 0 Å². The van der Waals surface area contributed by atoms with Crippen LogP contribution in [-0.2, 0) is 26.7 Å². The van der Waals surface area contributed by atoms with E-state index >= 15 is 0 Å². The van der Waals surface area contributed by atoms with Gasteiger partial charge in [0.2, 0.25) is 0 Å². The van der Waals surface area contributed by atoms with Gasteiger partial charge in [0, 0.05) is 26.0 Å². The van der Waals surface area contributed by atoms with E-state index in [1.807, 2.05) is 42.2 Å². The molecule has 4 rings (SSSR count). The summed E-state index contributed by atoms with van der Waals surface area (Å²) in [5, 5.41) is 11.1. The molecule has 0 fully saturated rings. The van der Waals surface area contributed by atoms with Gasteiger partial charge in [-0.2, -0.15) is 5.10 Å². The Hall–Kier alpha value is -3.61. The largest absolute Gasteiger partial charge is 0.357 e. The van der Waals surface area contributed by atoms with Crippen molar-refractivity contribution in [2.45, 2.75) is 26.6 Å². The molecule has 7 nitrogen and oxygen atoms in total. The Morgan fingerprint density at radius 3 is 2.57 bits per heavy atom. The van der Waals surface area contributed by atoms with Crippen molar-refractivity contribution in [1.82, 2.24) is 30.0 Å². The van der Waals surface area contributed by atoms with Gasteiger partial charge in [0.05, 0.1) is 30.7 Å². The van der Waals surface area contributed by atoms with Crippen LogP contribution in [0.5, 0.6) is 0 Å². The first-order valence-electron chi connectivity index (χ1n) is 10.2. The molecule has 7 heteroatoms. The van der Waals surface area contributed by atoms with Gasteiger partial charge in [-0.3, -0.25) is 4.68 Å². The van der Waals surface area contributed by atoms with E-state index in [4.69, 9.17) is 9.98 Å². The van der Waals surface area contributed by atoms with Crippen molar-refractivity contribution in [3.63, 3.8) is 0 Å². The number of aryl methyl sites for hydroxylation is 1. The van der Waals surface area contributed by atoms with Gasteiger partial charge in [0.25, 0.3) is 0 Å². The lowest BCUT2D eigenvalue weighted by Gasteiger charge is -2.12. The van der Waals surface area contributed by atoms with E-state index in [0.717, 1.165) is 35.9 Å². The van der Waals surface area contributed by atoms with Crippen LogP contribution in [0, 0.1) is 0 Å². The molecule has 2 N–H and O–H groups in total. The van der Waals surface area contributed by atoms with E-state index in [1.54, 1.807) is 6.20 Å². The van der Waals surface area contributed by atoms with Crippen LogP contribution in [0.4, 0.5) is 0 Å². The molecule has 0 aliphatic carbocycles. The Morgan fingerprint density at radius 2 is 1.80 bits per heavy atom. The van der Waals surface area contributed by atoms with Gasteiger partial charge in [0.1, 0.15) is 5.82 Å². The molecule has 0 radical (unpaired) electrons. The highest BCUT2D eigenvalue weighted by Gasteiger charge is 2.08. The molecule has 0 saturated heterocycles. The van der Waals surface area contributed by atoms with Crippen molar-refractivity contribution < 1.29 is 0 Å². The lowest BCUT2D eigenvalue weighted by Crippen LogP contribution is -2.37. The molecule has 0 amide bonds. The Balaban J connectivity index is 1.47. The number of imidazole rings is 1. The highest BCUT2D eigenvalue weighted by Crippen LogP contribution is 2.14. The summed E-state index contributed by atoms with van der Waals surface area (Å²) in [4.78, 5) is 9.53. The van der Waals surface area contributed by atoms with Gasteiger partial charge < -0.3 is 15.2 Å². The summed E-state index contributed by atoms with van der Waals surface area (Å²) < 4.78 is 4.04. The fourth-order valence-electron chi connectivity index (χ4n) is 3.46. The number of aromatic nitrogens is 4. The average molecular weight is 402 g/mol. The highest BCUT2D eigenvalue weighted by molar-refractivity contribution is 5.80. The molecule has 0 unspecified atom stereocenters. The maximum absolute atomic E-state index is 4.80. The number of nitrogens with one attached hydrogen (secondary N) is 2. The number of rotatable bonds is 7. The van der Waals surface area contributed by atoms with Gasteiger partial charge >= 0.3 is 0 Å². The fraction of sp³-hybridized carbons (Fsp3) is 0.261. The first-order valence-corrected chi connectivity index (χ1v) is 10.2. The Bertz CT molecular complexity index is 1130. The molecule has 0 spiro atoms. The number of fused-ring (bicyclic) bond motifs is 1. The monoisotopic (exact) mass is 401 g/mol. The second-order valence-corrected chi connectivity index (χ2v) is 7.10. The quantitative estimate of drug-likeness (QED) is 0.369. The molecular formula is C23H27N7. The van der Waals surface area contributed by atoms with E-state index in [0.29, 0.717) is 13.1 Å². The van der Waals surface area contributed by atoms with Crippen LogP contribution in [0.3, 0.4) is 0 Å². The zero-order valence-corrected chi connectivity index (χ0v) is 17.4. The maximum atomic E-state index is 4.80. The van der Waals surface area contributed by atoms with Crippen LogP contribution in [0.25, 0.3) is 11.0 Å². The van der Waals surface area contributed by atoms with Crippen molar-refractivity contribution in [3.8, 4) is 0 Å². The van der Waals surface area contributed by atoms with Crippen molar-refractivity contribution in [2.75, 3.05) is 6.54 Å². The summed E-state index contributed by atoms with van der Waals surface area (Å²) in [5.41, 5.74) is 4.54. The molecule has 0 aliphatic rings. The van der Waals surface area contributed by atoms with E-state index in [9.17, 15) is 0 Å². The molecule has 0 aliphatic heterocycles. The fourth-order valence-corrected chi connectivity index (χ4v) is 3.46. The van der Waals surface area contributed by atoms with Crippen molar-refractivity contribution >= 4 is 17.0 Å². The van der Waals surface area contributed by atoms with Crippen molar-refractivity contribution in [2.24, 2.45) is 12.0 Å². The molecule has 0 saturated carbocycles. The van der Waals surface area contributed by atoms with Gasteiger partial charge in [-0.1, -0.05) is 36.4 Å². The van der Waals surface area contributed by atoms with E-state index < -0.39 is 0 Å². The Morgan fingerprint density at radius 1 is 1.00 bits per heavy atom. The number of benzene rings is 2. The smallest absolute Gasteiger partial charge is 0.191 e. The summed E-state index contributed by atoms with van der Waals surface area (Å²) in [7, 11) is 2.04. The summed E-state index contributed by atoms with van der Waals surface area (Å²) in [5.74, 6) is 1.75. The van der Waals surface area contributed by atoms with Gasteiger partial charge in [-0.15, -0.1) is 0 Å². The highest BCUT2D eigenvalue weighted by atomic mass is 15.3. The van der Waals surface area contributed by atoms with Crippen LogP contribution >= 0.6 is 0 Å². The molecule has 0 atom stereocenters. The second-order valence-electron chi connectivity index (χ2n) is 7.10. The zero-order valence-electron chi connectivity index (χ0n) is 17.4. The first kappa shape index (κ1) is 19.7. The van der Waals surface area contributed by atoms with Crippen LogP contribution in [0.15, 0.2) is 72.0 Å². The third-order valence-electron chi connectivity index (χ3n) is 5.06. The van der Waals surface area contributed by atoms with Crippen LogP contribution in [-0.4, -0.2) is 31.8 Å². The molecule has 2 aromatic heterocycles. The van der Waals surface area contributed by atoms with Gasteiger partial charge in [-0.05, 0) is 36.2 Å². The predicted molar refractivity (Wildman–Crippen MR) is 120 cm³/mol. The first-order chi connectivity index (χ1) is 14.7. The number of para-hydroxylation sites is 2. The van der Waals surface area contributed by atoms with Crippen molar-refractivity contribution in [1.29, 1.82) is 0 Å². The minimum atomic E-state index is 0.593. The summed E-state index contributed by atoms with van der Waals surface area (Å²) in [6, 6.07) is 18.5. The average Bonchev–Trinajstić information content (AvgIpc) is 3.39. The lowest BCUT2D eigenvalue weighted by atomic mass is 10.1. The molecule has 30 heavy (non-hydrogen) atoms. The third kappa shape index (κ3) is 4.51. The summed E-state index contributed by atoms with van der Waals surface area (Å²) in [6.45, 7) is 4.80. The van der Waals surface area contributed by atoms with Gasteiger partial charge in [0.15, 0.2) is 5.96 Å². The number of guanidine groups is 1. The SMILES string of the molecule is CCNC(=NCc1ccccc1Cn1cccn1)NCc1nc2ccccc2n1C. The molecule has 2 heterocycles. The molecular weight excluding hydrogens is 374 g/mol. The Labute approximate surface area is 176 Å². The number of hydrogen-bond acceptors (Lipinski definition) is 3. The van der Waals surface area contributed by atoms with Crippen LogP contribution in [0.2, 0.25) is 0 Å². The predicted octanol–water partition coefficient (Wildman–Crippen LogP) is 3.07. The third-order valence-corrected chi connectivity index (χ3v) is 5.06. The van der Waals surface area contributed by atoms with Crippen molar-refractivity contribution in [3.05, 3.63) is 83.9 Å². The second kappa shape index (κ2) is 9.26. The molecule has 154 valence electrons. The summed E-state index contributed by atoms with van der Waals surface area (Å²) >= 11 is 0. The van der Waals surface area contributed by atoms with E-state index in [2.05, 4.69) is 57.6 Å². The van der Waals surface area contributed by atoms with E-state index in [1.165, 1.54) is 11.1 Å². The molecule has 0 bridgehead atoms.